The van der Waals surface area contributed by atoms with Gasteiger partial charge in [0.15, 0.2) is 0 Å². The molecule has 0 saturated carbocycles. The van der Waals surface area contributed by atoms with Gasteiger partial charge in [-0.05, 0) is 56.4 Å². The maximum Gasteiger partial charge on any atom is 0.0339 e. The van der Waals surface area contributed by atoms with Crippen LogP contribution in [0.15, 0.2) is 12.1 Å². The molecule has 1 aliphatic heterocycles. The Hall–Kier alpha value is -0.820. The van der Waals surface area contributed by atoms with Gasteiger partial charge in [0.05, 0.1) is 0 Å². The van der Waals surface area contributed by atoms with Crippen molar-refractivity contribution < 1.29 is 0 Å². The molecule has 1 fully saturated rings. The second kappa shape index (κ2) is 3.39. The summed E-state index contributed by atoms with van der Waals surface area (Å²) >= 11 is 0. The molecular formula is C13H19N. The first-order valence-corrected chi connectivity index (χ1v) is 5.41. The fraction of sp³-hybridized carbons (Fsp3) is 0.538. The third-order valence-corrected chi connectivity index (χ3v) is 3.33. The van der Waals surface area contributed by atoms with Crippen LogP contribution in [-0.4, -0.2) is 6.04 Å². The summed E-state index contributed by atoms with van der Waals surface area (Å²) in [5.74, 6) is 0. The minimum Gasteiger partial charge on any atom is -0.307 e. The fourth-order valence-corrected chi connectivity index (χ4v) is 2.25. The van der Waals surface area contributed by atoms with E-state index in [2.05, 4.69) is 45.1 Å². The van der Waals surface area contributed by atoms with Crippen molar-refractivity contribution in [3.05, 3.63) is 34.4 Å². The predicted molar refractivity (Wildman–Crippen MR) is 60.6 cm³/mol. The van der Waals surface area contributed by atoms with Gasteiger partial charge < -0.3 is 5.32 Å². The van der Waals surface area contributed by atoms with E-state index in [1.165, 1.54) is 28.7 Å². The normalized spacial score (nSPS) is 26.0. The Morgan fingerprint density at radius 3 is 2.21 bits per heavy atom. The molecule has 1 aliphatic rings. The summed E-state index contributed by atoms with van der Waals surface area (Å²) in [6, 6.07) is 5.94. The summed E-state index contributed by atoms with van der Waals surface area (Å²) in [4.78, 5) is 0. The Labute approximate surface area is 86.5 Å². The lowest BCUT2D eigenvalue weighted by Crippen LogP contribution is -2.44. The zero-order chi connectivity index (χ0) is 10.3. The van der Waals surface area contributed by atoms with E-state index < -0.39 is 0 Å². The molecule has 1 aromatic rings. The second-order valence-electron chi connectivity index (χ2n) is 4.65. The monoisotopic (exact) mass is 189 g/mol. The van der Waals surface area contributed by atoms with E-state index in [1.807, 2.05) is 0 Å². The minimum absolute atomic E-state index is 0.601. The highest BCUT2D eigenvalue weighted by molar-refractivity contribution is 5.39. The molecule has 0 spiro atoms. The molecule has 1 N–H and O–H groups in total. The third-order valence-electron chi connectivity index (χ3n) is 3.33. The molecule has 0 amide bonds. The number of nitrogens with one attached hydrogen (secondary N) is 1. The van der Waals surface area contributed by atoms with Crippen LogP contribution in [0, 0.1) is 20.8 Å². The van der Waals surface area contributed by atoms with Gasteiger partial charge in [-0.2, -0.15) is 0 Å². The van der Waals surface area contributed by atoms with Gasteiger partial charge in [-0.15, -0.1) is 0 Å². The predicted octanol–water partition coefficient (Wildman–Crippen LogP) is 3.03. The molecule has 1 heteroatoms. The number of hydrogen-bond donors (Lipinski definition) is 1. The van der Waals surface area contributed by atoms with E-state index in [0.717, 1.165) is 0 Å². The molecule has 0 bridgehead atoms. The lowest BCUT2D eigenvalue weighted by Gasteiger charge is -2.36. The molecule has 2 rings (SSSR count). The number of aryl methyl sites for hydroxylation is 3. The molecule has 1 aromatic carbocycles. The van der Waals surface area contributed by atoms with Crippen LogP contribution in [0.25, 0.3) is 0 Å². The van der Waals surface area contributed by atoms with Crippen LogP contribution in [-0.2, 0) is 0 Å². The largest absolute Gasteiger partial charge is 0.307 e. The Bertz CT molecular complexity index is 348. The van der Waals surface area contributed by atoms with Gasteiger partial charge in [0, 0.05) is 12.1 Å². The minimum atomic E-state index is 0.601. The fourth-order valence-electron chi connectivity index (χ4n) is 2.25. The average Bonchev–Trinajstić information content (AvgIpc) is 2.07. The molecule has 1 saturated heterocycles. The maximum absolute atomic E-state index is 3.55. The molecule has 1 nitrogen and oxygen atoms in total. The Balaban J connectivity index is 2.30. The van der Waals surface area contributed by atoms with Gasteiger partial charge in [0.1, 0.15) is 0 Å². The van der Waals surface area contributed by atoms with Gasteiger partial charge >= 0.3 is 0 Å². The van der Waals surface area contributed by atoms with E-state index in [9.17, 15) is 0 Å². The van der Waals surface area contributed by atoms with Gasteiger partial charge in [0.2, 0.25) is 0 Å². The topological polar surface area (TPSA) is 12.0 Å². The lowest BCUT2D eigenvalue weighted by molar-refractivity contribution is 0.287. The van der Waals surface area contributed by atoms with Crippen LogP contribution in [0.1, 0.15) is 41.6 Å². The average molecular weight is 189 g/mol. The first-order chi connectivity index (χ1) is 6.58. The van der Waals surface area contributed by atoms with Gasteiger partial charge in [0.25, 0.3) is 0 Å². The molecule has 0 aliphatic carbocycles. The van der Waals surface area contributed by atoms with Crippen molar-refractivity contribution >= 4 is 0 Å². The lowest BCUT2D eigenvalue weighted by atomic mass is 9.87. The number of hydrogen-bond acceptors (Lipinski definition) is 1. The second-order valence-corrected chi connectivity index (χ2v) is 4.65. The van der Waals surface area contributed by atoms with Crippen LogP contribution < -0.4 is 5.32 Å². The summed E-state index contributed by atoms with van der Waals surface area (Å²) in [5.41, 5.74) is 5.73. The summed E-state index contributed by atoms with van der Waals surface area (Å²) in [5, 5.41) is 3.55. The van der Waals surface area contributed by atoms with E-state index in [0.29, 0.717) is 12.1 Å². The van der Waals surface area contributed by atoms with Gasteiger partial charge in [-0.1, -0.05) is 12.1 Å². The van der Waals surface area contributed by atoms with E-state index in [4.69, 9.17) is 0 Å². The summed E-state index contributed by atoms with van der Waals surface area (Å²) in [7, 11) is 0. The first kappa shape index (κ1) is 9.72. The highest BCUT2D eigenvalue weighted by atomic mass is 15.0. The molecule has 0 aromatic heterocycles. The molecule has 14 heavy (non-hydrogen) atoms. The van der Waals surface area contributed by atoms with Crippen molar-refractivity contribution in [2.75, 3.05) is 0 Å². The standard InChI is InChI=1S/C13H19N/c1-8-5-10(3)12(6-9(8)2)13-7-11(4)14-13/h5-6,11,13-14H,7H2,1-4H3. The van der Waals surface area contributed by atoms with Crippen molar-refractivity contribution in [3.63, 3.8) is 0 Å². The van der Waals surface area contributed by atoms with Crippen molar-refractivity contribution in [3.8, 4) is 0 Å². The third kappa shape index (κ3) is 1.57. The quantitative estimate of drug-likeness (QED) is 0.716. The highest BCUT2D eigenvalue weighted by Crippen LogP contribution is 2.31. The highest BCUT2D eigenvalue weighted by Gasteiger charge is 2.26. The maximum atomic E-state index is 3.55. The zero-order valence-corrected chi connectivity index (χ0v) is 9.52. The number of benzene rings is 1. The van der Waals surface area contributed by atoms with Crippen LogP contribution in [0.4, 0.5) is 0 Å². The molecule has 1 heterocycles. The molecule has 0 radical (unpaired) electrons. The summed E-state index contributed by atoms with van der Waals surface area (Å²) < 4.78 is 0. The van der Waals surface area contributed by atoms with E-state index >= 15 is 0 Å². The van der Waals surface area contributed by atoms with Gasteiger partial charge in [-0.3, -0.25) is 0 Å². The molecule has 2 unspecified atom stereocenters. The number of rotatable bonds is 1. The van der Waals surface area contributed by atoms with Crippen molar-refractivity contribution in [1.82, 2.24) is 5.32 Å². The van der Waals surface area contributed by atoms with Crippen LogP contribution >= 0.6 is 0 Å². The first-order valence-electron chi connectivity index (χ1n) is 5.41. The van der Waals surface area contributed by atoms with E-state index in [1.54, 1.807) is 0 Å². The Kier molecular flexibility index (Phi) is 2.36. The SMILES string of the molecule is Cc1cc(C)c(C2CC(C)N2)cc1C. The summed E-state index contributed by atoms with van der Waals surface area (Å²) in [6.07, 6.45) is 1.28. The summed E-state index contributed by atoms with van der Waals surface area (Å²) in [6.45, 7) is 8.84. The molecule has 76 valence electrons. The van der Waals surface area contributed by atoms with E-state index in [-0.39, 0.29) is 0 Å². The van der Waals surface area contributed by atoms with Crippen LogP contribution in [0.3, 0.4) is 0 Å². The van der Waals surface area contributed by atoms with Gasteiger partial charge in [-0.25, -0.2) is 0 Å². The smallest absolute Gasteiger partial charge is 0.0339 e. The van der Waals surface area contributed by atoms with Crippen LogP contribution in [0.2, 0.25) is 0 Å². The van der Waals surface area contributed by atoms with Crippen molar-refractivity contribution in [1.29, 1.82) is 0 Å². The molecule has 2 atom stereocenters. The zero-order valence-electron chi connectivity index (χ0n) is 9.52. The van der Waals surface area contributed by atoms with Crippen LogP contribution in [0.5, 0.6) is 0 Å². The molecular weight excluding hydrogens is 170 g/mol. The Morgan fingerprint density at radius 1 is 1.07 bits per heavy atom. The van der Waals surface area contributed by atoms with Crippen molar-refractivity contribution in [2.24, 2.45) is 0 Å². The Morgan fingerprint density at radius 2 is 1.64 bits per heavy atom. The van der Waals surface area contributed by atoms with Crippen molar-refractivity contribution in [2.45, 2.75) is 46.2 Å².